The smallest absolute Gasteiger partial charge is 0.251 e. The number of hydrogen-bond donors (Lipinski definition) is 2. The minimum atomic E-state index is -0.725. The van der Waals surface area contributed by atoms with Gasteiger partial charge in [0.25, 0.3) is 5.91 Å². The largest absolute Gasteiger partial charge is 0.322 e. The predicted molar refractivity (Wildman–Crippen MR) is 90.3 cm³/mol. The molecule has 3 atom stereocenters. The molecule has 2 fully saturated rings. The fraction of sp³-hybridized carbons (Fsp3) is 0.444. The Labute approximate surface area is 149 Å². The maximum atomic E-state index is 13.7. The van der Waals surface area contributed by atoms with E-state index in [1.807, 2.05) is 5.01 Å². The molecule has 0 radical (unpaired) electrons. The van der Waals surface area contributed by atoms with Crippen LogP contribution in [0.25, 0.3) is 0 Å². The van der Waals surface area contributed by atoms with Gasteiger partial charge >= 0.3 is 0 Å². The van der Waals surface area contributed by atoms with Gasteiger partial charge in [-0.25, -0.2) is 14.2 Å². The Balaban J connectivity index is 1.44. The van der Waals surface area contributed by atoms with Crippen LogP contribution < -0.4 is 10.7 Å². The average Bonchev–Trinajstić information content (AvgIpc) is 3.00. The number of fused-ring (bicyclic) bond motifs is 3. The molecule has 4 rings (SSSR count). The molecule has 0 bridgehead atoms. The summed E-state index contributed by atoms with van der Waals surface area (Å²) in [7, 11) is 0. The first kappa shape index (κ1) is 17.0. The molecule has 1 saturated heterocycles. The van der Waals surface area contributed by atoms with Crippen molar-refractivity contribution >= 4 is 17.5 Å². The number of carbonyl (C=O) groups is 2. The number of rotatable bonds is 3. The highest BCUT2D eigenvalue weighted by molar-refractivity contribution is 5.96. The minimum Gasteiger partial charge on any atom is -0.322 e. The van der Waals surface area contributed by atoms with E-state index in [1.165, 1.54) is 4.90 Å². The lowest BCUT2D eigenvalue weighted by molar-refractivity contribution is -0.138. The van der Waals surface area contributed by atoms with Crippen LogP contribution >= 0.6 is 0 Å². The number of carbonyl (C=O) groups excluding carboxylic acids is 2. The molecule has 2 aliphatic heterocycles. The minimum absolute atomic E-state index is 0.149. The molecule has 2 amide bonds. The van der Waals surface area contributed by atoms with Crippen molar-refractivity contribution in [1.29, 1.82) is 0 Å². The normalized spacial score (nSPS) is 27.3. The van der Waals surface area contributed by atoms with E-state index >= 15 is 0 Å². The van der Waals surface area contributed by atoms with Gasteiger partial charge in [-0.3, -0.25) is 9.59 Å². The molecule has 3 aliphatic rings. The van der Waals surface area contributed by atoms with Crippen LogP contribution in [0.4, 0.5) is 14.5 Å². The van der Waals surface area contributed by atoms with Crippen molar-refractivity contribution in [2.75, 3.05) is 11.9 Å². The van der Waals surface area contributed by atoms with Crippen LogP contribution in [0.1, 0.15) is 25.7 Å². The zero-order valence-corrected chi connectivity index (χ0v) is 14.1. The van der Waals surface area contributed by atoms with Gasteiger partial charge in [0.2, 0.25) is 5.91 Å². The summed E-state index contributed by atoms with van der Waals surface area (Å²) in [5, 5.41) is 4.16. The van der Waals surface area contributed by atoms with Crippen LogP contribution in [0.3, 0.4) is 0 Å². The molecule has 2 N–H and O–H groups in total. The van der Waals surface area contributed by atoms with Crippen molar-refractivity contribution in [3.63, 3.8) is 0 Å². The monoisotopic (exact) mass is 362 g/mol. The highest BCUT2D eigenvalue weighted by Crippen LogP contribution is 2.36. The lowest BCUT2D eigenvalue weighted by Crippen LogP contribution is -2.51. The van der Waals surface area contributed by atoms with Crippen molar-refractivity contribution in [1.82, 2.24) is 15.3 Å². The Kier molecular flexibility index (Phi) is 4.36. The van der Waals surface area contributed by atoms with Crippen LogP contribution in [-0.4, -0.2) is 40.4 Å². The maximum Gasteiger partial charge on any atom is 0.251 e. The van der Waals surface area contributed by atoms with E-state index in [1.54, 1.807) is 12.4 Å². The fourth-order valence-electron chi connectivity index (χ4n) is 4.08. The van der Waals surface area contributed by atoms with Gasteiger partial charge < -0.3 is 15.2 Å². The molecule has 6 nitrogen and oxygen atoms in total. The van der Waals surface area contributed by atoms with Crippen LogP contribution in [0.5, 0.6) is 0 Å². The molecule has 1 aromatic carbocycles. The Morgan fingerprint density at radius 2 is 2.04 bits per heavy atom. The SMILES string of the molecule is O=C(CN1C=CN2NC3CCCCC3C2C1=O)Nc1cc(F)ccc1F. The fourth-order valence-corrected chi connectivity index (χ4v) is 4.08. The van der Waals surface area contributed by atoms with Crippen molar-refractivity contribution in [3.8, 4) is 0 Å². The molecule has 1 saturated carbocycles. The van der Waals surface area contributed by atoms with Crippen LogP contribution in [0, 0.1) is 17.6 Å². The van der Waals surface area contributed by atoms with Crippen LogP contribution in [-0.2, 0) is 9.59 Å². The number of nitrogens with zero attached hydrogens (tertiary/aromatic N) is 2. The molecule has 0 aromatic heterocycles. The third-order valence-corrected chi connectivity index (χ3v) is 5.30. The van der Waals surface area contributed by atoms with Gasteiger partial charge in [-0.15, -0.1) is 0 Å². The Morgan fingerprint density at radius 1 is 1.23 bits per heavy atom. The summed E-state index contributed by atoms with van der Waals surface area (Å²) in [4.78, 5) is 26.4. The van der Waals surface area contributed by atoms with E-state index in [-0.39, 0.29) is 36.1 Å². The number of benzene rings is 1. The summed E-state index contributed by atoms with van der Waals surface area (Å²) < 4.78 is 26.9. The summed E-state index contributed by atoms with van der Waals surface area (Å²) in [6.45, 7) is -0.243. The first-order chi connectivity index (χ1) is 12.5. The number of anilines is 1. The summed E-state index contributed by atoms with van der Waals surface area (Å²) in [6.07, 6.45) is 7.58. The second-order valence-corrected chi connectivity index (χ2v) is 6.97. The van der Waals surface area contributed by atoms with E-state index in [0.29, 0.717) is 0 Å². The molecule has 2 heterocycles. The van der Waals surface area contributed by atoms with E-state index < -0.39 is 17.5 Å². The first-order valence-electron chi connectivity index (χ1n) is 8.81. The Morgan fingerprint density at radius 3 is 2.88 bits per heavy atom. The van der Waals surface area contributed by atoms with Crippen molar-refractivity contribution in [2.45, 2.75) is 37.8 Å². The van der Waals surface area contributed by atoms with Gasteiger partial charge in [-0.2, -0.15) is 0 Å². The van der Waals surface area contributed by atoms with E-state index in [9.17, 15) is 18.4 Å². The molecular formula is C18H20F2N4O2. The molecule has 138 valence electrons. The molecule has 26 heavy (non-hydrogen) atoms. The quantitative estimate of drug-likeness (QED) is 0.863. The molecule has 0 spiro atoms. The summed E-state index contributed by atoms with van der Waals surface area (Å²) >= 11 is 0. The van der Waals surface area contributed by atoms with E-state index in [4.69, 9.17) is 0 Å². The topological polar surface area (TPSA) is 64.7 Å². The number of nitrogens with one attached hydrogen (secondary N) is 2. The third-order valence-electron chi connectivity index (χ3n) is 5.30. The van der Waals surface area contributed by atoms with Gasteiger partial charge in [0.05, 0.1) is 5.69 Å². The first-order valence-corrected chi connectivity index (χ1v) is 8.81. The van der Waals surface area contributed by atoms with Gasteiger partial charge in [0, 0.05) is 30.4 Å². The van der Waals surface area contributed by atoms with Gasteiger partial charge in [0.15, 0.2) is 0 Å². The van der Waals surface area contributed by atoms with E-state index in [0.717, 1.165) is 43.9 Å². The standard InChI is InChI=1S/C18H20F2N4O2/c19-11-5-6-13(20)15(9-11)21-16(25)10-23-7-8-24-17(18(23)26)12-3-1-2-4-14(12)22-24/h5-9,12,14,17,22H,1-4,10H2,(H,21,25). The lowest BCUT2D eigenvalue weighted by Gasteiger charge is -2.34. The highest BCUT2D eigenvalue weighted by Gasteiger charge is 2.48. The van der Waals surface area contributed by atoms with E-state index in [2.05, 4.69) is 10.7 Å². The van der Waals surface area contributed by atoms with Crippen molar-refractivity contribution in [3.05, 3.63) is 42.2 Å². The molecule has 8 heteroatoms. The predicted octanol–water partition coefficient (Wildman–Crippen LogP) is 1.96. The second kappa shape index (κ2) is 6.68. The van der Waals surface area contributed by atoms with Gasteiger partial charge in [-0.1, -0.05) is 12.8 Å². The van der Waals surface area contributed by atoms with Crippen LogP contribution in [0.15, 0.2) is 30.6 Å². The second-order valence-electron chi connectivity index (χ2n) is 6.97. The van der Waals surface area contributed by atoms with Crippen molar-refractivity contribution in [2.24, 2.45) is 5.92 Å². The Hall–Kier alpha value is -2.48. The van der Waals surface area contributed by atoms with Gasteiger partial charge in [0.1, 0.15) is 24.2 Å². The average molecular weight is 362 g/mol. The van der Waals surface area contributed by atoms with Crippen molar-refractivity contribution < 1.29 is 18.4 Å². The highest BCUT2D eigenvalue weighted by atomic mass is 19.1. The number of halogens is 2. The number of hydrogen-bond acceptors (Lipinski definition) is 4. The molecule has 1 aromatic rings. The zero-order chi connectivity index (χ0) is 18.3. The molecule has 3 unspecified atom stereocenters. The third kappa shape index (κ3) is 3.05. The lowest BCUT2D eigenvalue weighted by atomic mass is 9.81. The molecule has 1 aliphatic carbocycles. The zero-order valence-electron chi connectivity index (χ0n) is 14.1. The summed E-state index contributed by atoms with van der Waals surface area (Å²) in [5.74, 6) is -1.87. The van der Waals surface area contributed by atoms with Crippen LogP contribution in [0.2, 0.25) is 0 Å². The molecular weight excluding hydrogens is 342 g/mol. The summed E-state index contributed by atoms with van der Waals surface area (Å²) in [5.41, 5.74) is 3.12. The van der Waals surface area contributed by atoms with Gasteiger partial charge in [-0.05, 0) is 25.0 Å². The summed E-state index contributed by atoms with van der Waals surface area (Å²) in [6, 6.07) is 2.81. The number of hydrazine groups is 1. The maximum absolute atomic E-state index is 13.7. The Bertz CT molecular complexity index is 770. The number of amides is 2.